The Bertz CT molecular complexity index is 748. The lowest BCUT2D eigenvalue weighted by molar-refractivity contribution is -0.905. The van der Waals surface area contributed by atoms with Gasteiger partial charge in [-0.3, -0.25) is 4.79 Å². The van der Waals surface area contributed by atoms with Crippen LogP contribution in [0.4, 0.5) is 14.5 Å². The topological polar surface area (TPSA) is 33.5 Å². The Kier molecular flexibility index (Phi) is 4.90. The van der Waals surface area contributed by atoms with E-state index < -0.39 is 11.6 Å². The number of fused-ring (bicyclic) bond motifs is 1. The number of rotatable bonds is 4. The Morgan fingerprint density at radius 1 is 1.25 bits per heavy atom. The molecule has 5 heteroatoms. The van der Waals surface area contributed by atoms with Gasteiger partial charge in [0.1, 0.15) is 17.7 Å². The molecule has 1 amide bonds. The highest BCUT2D eigenvalue weighted by atomic mass is 19.1. The summed E-state index contributed by atoms with van der Waals surface area (Å²) in [4.78, 5) is 13.3. The van der Waals surface area contributed by atoms with Crippen LogP contribution in [0.1, 0.15) is 30.0 Å². The minimum absolute atomic E-state index is 0.114. The van der Waals surface area contributed by atoms with Crippen molar-refractivity contribution in [2.24, 2.45) is 0 Å². The molecular weight excluding hydrogens is 310 g/mol. The van der Waals surface area contributed by atoms with Gasteiger partial charge in [-0.25, -0.2) is 8.78 Å². The minimum atomic E-state index is -0.634. The summed E-state index contributed by atoms with van der Waals surface area (Å²) in [6.07, 6.45) is 3.18. The third-order valence-corrected chi connectivity index (χ3v) is 4.61. The van der Waals surface area contributed by atoms with E-state index in [0.29, 0.717) is 0 Å². The maximum atomic E-state index is 13.6. The van der Waals surface area contributed by atoms with E-state index in [1.807, 2.05) is 19.2 Å². The van der Waals surface area contributed by atoms with Gasteiger partial charge in [0.15, 0.2) is 6.54 Å². The number of carbonyl (C=O) groups is 1. The molecule has 0 bridgehead atoms. The van der Waals surface area contributed by atoms with Gasteiger partial charge in [0.2, 0.25) is 0 Å². The number of carbonyl (C=O) groups excluding carboxylic acids is 1. The fourth-order valence-electron chi connectivity index (χ4n) is 3.43. The third-order valence-electron chi connectivity index (χ3n) is 4.61. The number of likely N-dealkylation sites (N-methyl/N-ethyl adjacent to an activating group) is 1. The van der Waals surface area contributed by atoms with Crippen molar-refractivity contribution in [1.82, 2.24) is 0 Å². The lowest BCUT2D eigenvalue weighted by Gasteiger charge is -2.30. The molecule has 24 heavy (non-hydrogen) atoms. The summed E-state index contributed by atoms with van der Waals surface area (Å²) in [6.45, 7) is 0.203. The van der Waals surface area contributed by atoms with E-state index in [9.17, 15) is 13.6 Å². The predicted molar refractivity (Wildman–Crippen MR) is 88.9 cm³/mol. The van der Waals surface area contributed by atoms with Crippen molar-refractivity contribution >= 4 is 11.6 Å². The van der Waals surface area contributed by atoms with Crippen LogP contribution in [0.25, 0.3) is 0 Å². The second-order valence-electron chi connectivity index (χ2n) is 6.34. The number of quaternary nitrogens is 1. The average molecular weight is 331 g/mol. The molecule has 0 saturated carbocycles. The van der Waals surface area contributed by atoms with Crippen LogP contribution in [0.3, 0.4) is 0 Å². The summed E-state index contributed by atoms with van der Waals surface area (Å²) < 4.78 is 26.8. The van der Waals surface area contributed by atoms with Crippen LogP contribution < -0.4 is 10.2 Å². The molecule has 0 aromatic heterocycles. The molecule has 0 heterocycles. The highest BCUT2D eigenvalue weighted by Crippen LogP contribution is 2.27. The first-order valence-corrected chi connectivity index (χ1v) is 8.19. The largest absolute Gasteiger partial charge is 0.323 e. The number of amides is 1. The first-order chi connectivity index (χ1) is 11.5. The van der Waals surface area contributed by atoms with Crippen LogP contribution in [-0.4, -0.2) is 19.5 Å². The zero-order valence-electron chi connectivity index (χ0n) is 13.6. The van der Waals surface area contributed by atoms with E-state index in [2.05, 4.69) is 17.4 Å². The molecule has 2 aromatic rings. The molecule has 0 fully saturated rings. The van der Waals surface area contributed by atoms with Gasteiger partial charge in [-0.05, 0) is 30.5 Å². The Labute approximate surface area is 140 Å². The summed E-state index contributed by atoms with van der Waals surface area (Å²) in [5.41, 5.74) is 2.51. The molecule has 0 saturated heterocycles. The summed E-state index contributed by atoms with van der Waals surface area (Å²) in [5, 5.41) is 2.47. The number of hydrogen-bond acceptors (Lipinski definition) is 1. The molecule has 2 N–H and O–H groups in total. The third kappa shape index (κ3) is 3.62. The van der Waals surface area contributed by atoms with Gasteiger partial charge >= 0.3 is 0 Å². The summed E-state index contributed by atoms with van der Waals surface area (Å²) in [5.74, 6) is -1.53. The van der Waals surface area contributed by atoms with E-state index in [4.69, 9.17) is 0 Å². The number of anilines is 1. The number of hydrogen-bond donors (Lipinski definition) is 2. The number of aryl methyl sites for hydroxylation is 1. The molecule has 126 valence electrons. The molecule has 1 unspecified atom stereocenters. The number of nitrogens with one attached hydrogen (secondary N) is 2. The van der Waals surface area contributed by atoms with Gasteiger partial charge in [-0.2, -0.15) is 0 Å². The lowest BCUT2D eigenvalue weighted by Crippen LogP contribution is -3.10. The van der Waals surface area contributed by atoms with Crippen molar-refractivity contribution in [2.75, 3.05) is 18.9 Å². The van der Waals surface area contributed by atoms with Crippen LogP contribution in [0, 0.1) is 11.6 Å². The zero-order chi connectivity index (χ0) is 17.1. The quantitative estimate of drug-likeness (QED) is 0.887. The highest BCUT2D eigenvalue weighted by Gasteiger charge is 2.28. The average Bonchev–Trinajstić information content (AvgIpc) is 2.57. The Balaban J connectivity index is 1.68. The van der Waals surface area contributed by atoms with Gasteiger partial charge in [-0.15, -0.1) is 0 Å². The molecule has 0 spiro atoms. The summed E-state index contributed by atoms with van der Waals surface area (Å²) in [6, 6.07) is 11.6. The van der Waals surface area contributed by atoms with E-state index >= 15 is 0 Å². The van der Waals surface area contributed by atoms with E-state index in [1.165, 1.54) is 11.1 Å². The summed E-state index contributed by atoms with van der Waals surface area (Å²) >= 11 is 0. The Hall–Kier alpha value is -2.27. The molecule has 3 nitrogen and oxygen atoms in total. The van der Waals surface area contributed by atoms with Crippen molar-refractivity contribution < 1.29 is 18.5 Å². The van der Waals surface area contributed by atoms with Crippen LogP contribution in [0.2, 0.25) is 0 Å². The smallest absolute Gasteiger partial charge is 0.279 e. The molecule has 2 aromatic carbocycles. The first kappa shape index (κ1) is 16.6. The van der Waals surface area contributed by atoms with Gasteiger partial charge in [0.05, 0.1) is 12.7 Å². The minimum Gasteiger partial charge on any atom is -0.323 e. The van der Waals surface area contributed by atoms with E-state index in [1.54, 1.807) is 0 Å². The van der Waals surface area contributed by atoms with Gasteiger partial charge in [-0.1, -0.05) is 24.3 Å². The molecular formula is C19H21F2N2O+. The van der Waals surface area contributed by atoms with Crippen molar-refractivity contribution in [2.45, 2.75) is 25.3 Å². The standard InChI is InChI=1S/C19H20F2N2O/c1-23(18-8-4-6-13-5-2-3-7-15(13)18)12-19(24)22-17-11-14(20)9-10-16(17)21/h2-3,5,7,9-11,18H,4,6,8,12H2,1H3,(H,22,24)/p+1/t18-/m1/s1. The number of halogens is 2. The number of benzene rings is 2. The monoisotopic (exact) mass is 331 g/mol. The van der Waals surface area contributed by atoms with E-state index in [-0.39, 0.29) is 24.2 Å². The maximum absolute atomic E-state index is 13.6. The second-order valence-corrected chi connectivity index (χ2v) is 6.34. The maximum Gasteiger partial charge on any atom is 0.279 e. The van der Waals surface area contributed by atoms with Crippen LogP contribution in [0.15, 0.2) is 42.5 Å². The Morgan fingerprint density at radius 3 is 2.88 bits per heavy atom. The van der Waals surface area contributed by atoms with Gasteiger partial charge < -0.3 is 10.2 Å². The fraction of sp³-hybridized carbons (Fsp3) is 0.316. The van der Waals surface area contributed by atoms with E-state index in [0.717, 1.165) is 42.4 Å². The van der Waals surface area contributed by atoms with Crippen LogP contribution in [0.5, 0.6) is 0 Å². The zero-order valence-corrected chi connectivity index (χ0v) is 13.6. The van der Waals surface area contributed by atoms with Crippen LogP contribution >= 0.6 is 0 Å². The second kappa shape index (κ2) is 7.09. The molecule has 0 radical (unpaired) electrons. The molecule has 1 aliphatic rings. The van der Waals surface area contributed by atoms with Crippen molar-refractivity contribution in [1.29, 1.82) is 0 Å². The lowest BCUT2D eigenvalue weighted by atomic mass is 9.87. The Morgan fingerprint density at radius 2 is 2.04 bits per heavy atom. The first-order valence-electron chi connectivity index (χ1n) is 8.19. The molecule has 0 aliphatic heterocycles. The highest BCUT2D eigenvalue weighted by molar-refractivity contribution is 5.91. The van der Waals surface area contributed by atoms with Gasteiger partial charge in [0, 0.05) is 18.1 Å². The normalized spacial score (nSPS) is 17.9. The van der Waals surface area contributed by atoms with Gasteiger partial charge in [0.25, 0.3) is 5.91 Å². The molecule has 2 atom stereocenters. The SMILES string of the molecule is C[NH+](CC(=O)Nc1cc(F)ccc1F)[C@@H]1CCCc2ccccc21. The van der Waals surface area contributed by atoms with Crippen LogP contribution in [-0.2, 0) is 11.2 Å². The molecule has 1 aliphatic carbocycles. The van der Waals surface area contributed by atoms with Crippen molar-refractivity contribution in [3.05, 3.63) is 65.2 Å². The summed E-state index contributed by atoms with van der Waals surface area (Å²) in [7, 11) is 1.97. The fourth-order valence-corrected chi connectivity index (χ4v) is 3.43. The molecule has 3 rings (SSSR count). The predicted octanol–water partition coefficient (Wildman–Crippen LogP) is 2.50. The van der Waals surface area contributed by atoms with Crippen molar-refractivity contribution in [3.63, 3.8) is 0 Å². The van der Waals surface area contributed by atoms with Crippen molar-refractivity contribution in [3.8, 4) is 0 Å².